The van der Waals surface area contributed by atoms with Gasteiger partial charge in [0, 0.05) is 37.1 Å². The number of nitrogens with zero attached hydrogens (tertiary/aromatic N) is 2. The first kappa shape index (κ1) is 18.6. The fraction of sp³-hybridized carbons (Fsp3) is 0.389. The van der Waals surface area contributed by atoms with Crippen LogP contribution in [0.25, 0.3) is 0 Å². The number of pyridine rings is 1. The molecule has 1 aromatic carbocycles. The van der Waals surface area contributed by atoms with Crippen molar-refractivity contribution in [1.29, 1.82) is 0 Å². The van der Waals surface area contributed by atoms with E-state index in [0.717, 1.165) is 0 Å². The van der Waals surface area contributed by atoms with E-state index in [0.29, 0.717) is 29.9 Å². The van der Waals surface area contributed by atoms with Crippen LogP contribution in [0.2, 0.25) is 0 Å². The number of rotatable bonds is 5. The highest BCUT2D eigenvalue weighted by molar-refractivity contribution is 7.89. The van der Waals surface area contributed by atoms with E-state index < -0.39 is 15.6 Å². The van der Waals surface area contributed by atoms with Gasteiger partial charge in [-0.05, 0) is 31.0 Å². The molecule has 1 N–H and O–H groups in total. The average molecular weight is 378 g/mol. The average Bonchev–Trinajstić information content (AvgIpc) is 2.68. The largest absolute Gasteiger partial charge is 0.493 e. The Kier molecular flexibility index (Phi) is 5.17. The number of aliphatic hydroxyl groups is 1. The first-order valence-corrected chi connectivity index (χ1v) is 9.70. The lowest BCUT2D eigenvalue weighted by Crippen LogP contribution is -2.45. The normalized spacial score (nSPS) is 17.7. The SMILES string of the molecule is COc1ccc(S(=O)(=O)N2CCC(O)(c3cccnc3)CC2)cc1OC. The van der Waals surface area contributed by atoms with Crippen molar-refractivity contribution in [2.45, 2.75) is 23.3 Å². The molecule has 0 bridgehead atoms. The minimum absolute atomic E-state index is 0.141. The summed E-state index contributed by atoms with van der Waals surface area (Å²) in [5.74, 6) is 0.827. The minimum Gasteiger partial charge on any atom is -0.493 e. The zero-order chi connectivity index (χ0) is 18.8. The van der Waals surface area contributed by atoms with E-state index >= 15 is 0 Å². The Morgan fingerprint density at radius 2 is 1.81 bits per heavy atom. The Hall–Kier alpha value is -2.16. The van der Waals surface area contributed by atoms with Crippen LogP contribution in [0.3, 0.4) is 0 Å². The minimum atomic E-state index is -3.68. The van der Waals surface area contributed by atoms with Crippen molar-refractivity contribution < 1.29 is 23.0 Å². The molecule has 0 amide bonds. The summed E-state index contributed by atoms with van der Waals surface area (Å²) >= 11 is 0. The zero-order valence-electron chi connectivity index (χ0n) is 14.8. The summed E-state index contributed by atoms with van der Waals surface area (Å²) in [6.45, 7) is 0.449. The summed E-state index contributed by atoms with van der Waals surface area (Å²) in [7, 11) is -0.724. The standard InChI is InChI=1S/C18H22N2O5S/c1-24-16-6-5-15(12-17(16)25-2)26(22,23)20-10-7-18(21,8-11-20)14-4-3-9-19-13-14/h3-6,9,12-13,21H,7-8,10-11H2,1-2H3. The molecule has 0 saturated carbocycles. The van der Waals surface area contributed by atoms with Crippen LogP contribution in [0.1, 0.15) is 18.4 Å². The molecule has 0 aliphatic carbocycles. The lowest BCUT2D eigenvalue weighted by molar-refractivity contribution is -0.00989. The molecule has 0 atom stereocenters. The number of benzene rings is 1. The van der Waals surface area contributed by atoms with Crippen LogP contribution in [-0.2, 0) is 15.6 Å². The van der Waals surface area contributed by atoms with Crippen molar-refractivity contribution in [2.75, 3.05) is 27.3 Å². The fourth-order valence-electron chi connectivity index (χ4n) is 3.15. The molecule has 26 heavy (non-hydrogen) atoms. The second-order valence-corrected chi connectivity index (χ2v) is 8.13. The molecule has 3 rings (SSSR count). The van der Waals surface area contributed by atoms with E-state index in [1.807, 2.05) is 6.07 Å². The molecule has 0 unspecified atom stereocenters. The first-order chi connectivity index (χ1) is 12.4. The van der Waals surface area contributed by atoms with Crippen molar-refractivity contribution in [1.82, 2.24) is 9.29 Å². The van der Waals surface area contributed by atoms with Crippen LogP contribution in [0.4, 0.5) is 0 Å². The van der Waals surface area contributed by atoms with Gasteiger partial charge in [-0.2, -0.15) is 4.31 Å². The number of sulfonamides is 1. The Morgan fingerprint density at radius 1 is 1.12 bits per heavy atom. The molecule has 7 nitrogen and oxygen atoms in total. The maximum atomic E-state index is 12.9. The van der Waals surface area contributed by atoms with E-state index in [-0.39, 0.29) is 18.0 Å². The third kappa shape index (κ3) is 3.40. The van der Waals surface area contributed by atoms with E-state index in [1.165, 1.54) is 30.7 Å². The van der Waals surface area contributed by atoms with Crippen molar-refractivity contribution in [3.63, 3.8) is 0 Å². The van der Waals surface area contributed by atoms with Crippen LogP contribution >= 0.6 is 0 Å². The highest BCUT2D eigenvalue weighted by Crippen LogP contribution is 2.36. The molecule has 0 spiro atoms. The maximum Gasteiger partial charge on any atom is 0.243 e. The molecule has 1 aliphatic rings. The Bertz CT molecular complexity index is 862. The Balaban J connectivity index is 1.80. The molecule has 1 aromatic heterocycles. The Labute approximate surface area is 153 Å². The summed E-state index contributed by atoms with van der Waals surface area (Å²) in [5, 5.41) is 10.8. The molecule has 140 valence electrons. The second kappa shape index (κ2) is 7.22. The monoisotopic (exact) mass is 378 g/mol. The quantitative estimate of drug-likeness (QED) is 0.853. The molecule has 8 heteroatoms. The maximum absolute atomic E-state index is 12.9. The highest BCUT2D eigenvalue weighted by Gasteiger charge is 2.38. The molecule has 0 radical (unpaired) electrons. The summed E-state index contributed by atoms with van der Waals surface area (Å²) in [5.41, 5.74) is -0.346. The number of methoxy groups -OCH3 is 2. The number of piperidine rings is 1. The van der Waals surface area contributed by atoms with Crippen LogP contribution in [0.15, 0.2) is 47.6 Å². The van der Waals surface area contributed by atoms with E-state index in [2.05, 4.69) is 4.98 Å². The van der Waals surface area contributed by atoms with Gasteiger partial charge in [0.05, 0.1) is 24.7 Å². The third-order valence-corrected chi connectivity index (χ3v) is 6.64. The van der Waals surface area contributed by atoms with E-state index in [4.69, 9.17) is 9.47 Å². The van der Waals surface area contributed by atoms with Crippen molar-refractivity contribution in [2.24, 2.45) is 0 Å². The summed E-state index contributed by atoms with van der Waals surface area (Å²) < 4.78 is 37.6. The molecule has 1 fully saturated rings. The third-order valence-electron chi connectivity index (χ3n) is 4.74. The number of hydrogen-bond donors (Lipinski definition) is 1. The predicted octanol–water partition coefficient (Wildman–Crippen LogP) is 1.77. The molecule has 1 saturated heterocycles. The van der Waals surface area contributed by atoms with Crippen LogP contribution in [0.5, 0.6) is 11.5 Å². The zero-order valence-corrected chi connectivity index (χ0v) is 15.6. The summed E-state index contributed by atoms with van der Waals surface area (Å²) in [6, 6.07) is 8.10. The van der Waals surface area contributed by atoms with Gasteiger partial charge in [-0.15, -0.1) is 0 Å². The van der Waals surface area contributed by atoms with Crippen molar-refractivity contribution >= 4 is 10.0 Å². The van der Waals surface area contributed by atoms with Gasteiger partial charge in [-0.25, -0.2) is 8.42 Å². The lowest BCUT2D eigenvalue weighted by atomic mass is 9.86. The van der Waals surface area contributed by atoms with E-state index in [1.54, 1.807) is 24.5 Å². The molecule has 2 aromatic rings. The van der Waals surface area contributed by atoms with Gasteiger partial charge < -0.3 is 14.6 Å². The van der Waals surface area contributed by atoms with E-state index in [9.17, 15) is 13.5 Å². The molecule has 1 aliphatic heterocycles. The lowest BCUT2D eigenvalue weighted by Gasteiger charge is -2.37. The van der Waals surface area contributed by atoms with Gasteiger partial charge in [0.2, 0.25) is 10.0 Å². The smallest absolute Gasteiger partial charge is 0.243 e. The Morgan fingerprint density at radius 3 is 2.38 bits per heavy atom. The highest BCUT2D eigenvalue weighted by atomic mass is 32.2. The fourth-order valence-corrected chi connectivity index (χ4v) is 4.61. The van der Waals surface area contributed by atoms with Crippen LogP contribution in [0, 0.1) is 0 Å². The number of ether oxygens (including phenoxy) is 2. The molecular formula is C18H22N2O5S. The molecular weight excluding hydrogens is 356 g/mol. The van der Waals surface area contributed by atoms with Gasteiger partial charge in [-0.1, -0.05) is 6.07 Å². The molecule has 2 heterocycles. The van der Waals surface area contributed by atoms with Crippen LogP contribution < -0.4 is 9.47 Å². The van der Waals surface area contributed by atoms with Crippen molar-refractivity contribution in [3.8, 4) is 11.5 Å². The van der Waals surface area contributed by atoms with Gasteiger partial charge in [0.1, 0.15) is 0 Å². The second-order valence-electron chi connectivity index (χ2n) is 6.19. The van der Waals surface area contributed by atoms with Gasteiger partial charge in [0.25, 0.3) is 0 Å². The van der Waals surface area contributed by atoms with Gasteiger partial charge in [-0.3, -0.25) is 4.98 Å². The summed E-state index contributed by atoms with van der Waals surface area (Å²) in [4.78, 5) is 4.18. The van der Waals surface area contributed by atoms with Gasteiger partial charge in [0.15, 0.2) is 11.5 Å². The van der Waals surface area contributed by atoms with Crippen LogP contribution in [-0.4, -0.2) is 50.1 Å². The van der Waals surface area contributed by atoms with Crippen molar-refractivity contribution in [3.05, 3.63) is 48.3 Å². The predicted molar refractivity (Wildman–Crippen MR) is 95.7 cm³/mol. The van der Waals surface area contributed by atoms with Gasteiger partial charge >= 0.3 is 0 Å². The number of aromatic nitrogens is 1. The number of hydrogen-bond acceptors (Lipinski definition) is 6. The topological polar surface area (TPSA) is 89.0 Å². The summed E-state index contributed by atoms with van der Waals surface area (Å²) in [6.07, 6.45) is 3.89. The first-order valence-electron chi connectivity index (χ1n) is 8.26.